The number of rotatable bonds is 3. The Morgan fingerprint density at radius 3 is 2.62 bits per heavy atom. The molecule has 0 amide bonds. The molecule has 2 heterocycles. The zero-order valence-electron chi connectivity index (χ0n) is 9.63. The minimum absolute atomic E-state index is 0.305. The van der Waals surface area contributed by atoms with Crippen molar-refractivity contribution in [2.75, 3.05) is 24.6 Å². The van der Waals surface area contributed by atoms with Crippen LogP contribution in [-0.4, -0.2) is 34.9 Å². The van der Waals surface area contributed by atoms with Gasteiger partial charge in [0.1, 0.15) is 0 Å². The largest absolute Gasteiger partial charge is 0.396 e. The molecule has 2 atom stereocenters. The minimum atomic E-state index is 0.305. The van der Waals surface area contributed by atoms with E-state index in [2.05, 4.69) is 28.9 Å². The average Bonchev–Trinajstić information content (AvgIpc) is 2.74. The number of piperidine rings is 1. The summed E-state index contributed by atoms with van der Waals surface area (Å²) in [6.45, 7) is 6.34. The van der Waals surface area contributed by atoms with Gasteiger partial charge in [-0.15, -0.1) is 0 Å². The highest BCUT2D eigenvalue weighted by molar-refractivity contribution is 5.32. The van der Waals surface area contributed by atoms with E-state index < -0.39 is 0 Å². The van der Waals surface area contributed by atoms with Gasteiger partial charge in [0.05, 0.1) is 0 Å². The van der Waals surface area contributed by atoms with Crippen LogP contribution in [-0.2, 0) is 0 Å². The standard InChI is InChI=1S/C11H17N3O2/c1-6(2)10-12-11(16-13-10)14-3-7-8(4-14)9(7)5-15/h6-9,15H,3-5H2,1-2H3. The van der Waals surface area contributed by atoms with Gasteiger partial charge in [0.25, 0.3) is 0 Å². The summed E-state index contributed by atoms with van der Waals surface area (Å²) in [6, 6.07) is 0.646. The lowest BCUT2D eigenvalue weighted by Gasteiger charge is -2.15. The zero-order chi connectivity index (χ0) is 11.3. The molecule has 16 heavy (non-hydrogen) atoms. The minimum Gasteiger partial charge on any atom is -0.396 e. The van der Waals surface area contributed by atoms with Crippen molar-refractivity contribution in [3.05, 3.63) is 5.82 Å². The summed E-state index contributed by atoms with van der Waals surface area (Å²) >= 11 is 0. The third-order valence-corrected chi connectivity index (χ3v) is 3.80. The predicted octanol–water partition coefficient (Wildman–Crippen LogP) is 0.867. The SMILES string of the molecule is CC(C)c1noc(N2CC3C(CO)C3C2)n1. The van der Waals surface area contributed by atoms with Crippen molar-refractivity contribution in [3.63, 3.8) is 0 Å². The lowest BCUT2D eigenvalue weighted by molar-refractivity contribution is 0.259. The molecule has 3 rings (SSSR count). The molecule has 0 spiro atoms. The van der Waals surface area contributed by atoms with Crippen LogP contribution >= 0.6 is 0 Å². The van der Waals surface area contributed by atoms with E-state index in [-0.39, 0.29) is 0 Å². The van der Waals surface area contributed by atoms with Gasteiger partial charge in [0, 0.05) is 25.6 Å². The summed E-state index contributed by atoms with van der Waals surface area (Å²) < 4.78 is 5.25. The fraction of sp³-hybridized carbons (Fsp3) is 0.818. The third kappa shape index (κ3) is 1.42. The maximum Gasteiger partial charge on any atom is 0.324 e. The number of aliphatic hydroxyl groups is 1. The maximum absolute atomic E-state index is 9.08. The lowest BCUT2D eigenvalue weighted by atomic mass is 10.2. The molecule has 1 saturated heterocycles. The van der Waals surface area contributed by atoms with Crippen LogP contribution in [0.1, 0.15) is 25.6 Å². The number of hydrogen-bond donors (Lipinski definition) is 1. The Labute approximate surface area is 94.4 Å². The molecule has 2 fully saturated rings. The highest BCUT2D eigenvalue weighted by Gasteiger charge is 2.56. The summed E-state index contributed by atoms with van der Waals surface area (Å²) in [5.41, 5.74) is 0. The van der Waals surface area contributed by atoms with Crippen LogP contribution in [0.2, 0.25) is 0 Å². The maximum atomic E-state index is 9.08. The quantitative estimate of drug-likeness (QED) is 0.823. The van der Waals surface area contributed by atoms with Crippen molar-refractivity contribution in [1.29, 1.82) is 0 Å². The van der Waals surface area contributed by atoms with Crippen LogP contribution in [0.5, 0.6) is 0 Å². The van der Waals surface area contributed by atoms with Crippen molar-refractivity contribution in [1.82, 2.24) is 10.1 Å². The fourth-order valence-electron chi connectivity index (χ4n) is 2.67. The van der Waals surface area contributed by atoms with E-state index in [1.807, 2.05) is 0 Å². The van der Waals surface area contributed by atoms with Gasteiger partial charge in [-0.2, -0.15) is 4.98 Å². The van der Waals surface area contributed by atoms with Crippen molar-refractivity contribution in [3.8, 4) is 0 Å². The second kappa shape index (κ2) is 3.45. The van der Waals surface area contributed by atoms with Crippen LogP contribution < -0.4 is 4.90 Å². The van der Waals surface area contributed by atoms with E-state index >= 15 is 0 Å². The molecule has 88 valence electrons. The number of anilines is 1. The number of aliphatic hydroxyl groups excluding tert-OH is 1. The Kier molecular flexibility index (Phi) is 2.17. The van der Waals surface area contributed by atoms with Gasteiger partial charge in [-0.3, -0.25) is 0 Å². The van der Waals surface area contributed by atoms with E-state index in [9.17, 15) is 0 Å². The highest BCUT2D eigenvalue weighted by Crippen LogP contribution is 2.51. The molecule has 5 heteroatoms. The van der Waals surface area contributed by atoms with Gasteiger partial charge in [-0.25, -0.2) is 0 Å². The molecule has 1 aliphatic carbocycles. The first-order valence-electron chi connectivity index (χ1n) is 5.90. The van der Waals surface area contributed by atoms with Crippen molar-refractivity contribution < 1.29 is 9.63 Å². The number of nitrogens with zero attached hydrogens (tertiary/aromatic N) is 3. The molecule has 1 aromatic rings. The first kappa shape index (κ1) is 10.1. The summed E-state index contributed by atoms with van der Waals surface area (Å²) in [5, 5.41) is 13.0. The Morgan fingerprint density at radius 2 is 2.12 bits per heavy atom. The third-order valence-electron chi connectivity index (χ3n) is 3.80. The molecular weight excluding hydrogens is 206 g/mol. The molecule has 2 unspecified atom stereocenters. The van der Waals surface area contributed by atoms with Gasteiger partial charge in [-0.1, -0.05) is 19.0 Å². The van der Waals surface area contributed by atoms with E-state index in [0.29, 0.717) is 36.3 Å². The molecule has 1 aromatic heterocycles. The Bertz CT molecular complexity index is 378. The van der Waals surface area contributed by atoms with Gasteiger partial charge >= 0.3 is 6.01 Å². The summed E-state index contributed by atoms with van der Waals surface area (Å²) in [7, 11) is 0. The monoisotopic (exact) mass is 223 g/mol. The molecule has 1 saturated carbocycles. The van der Waals surface area contributed by atoms with Crippen LogP contribution in [0.15, 0.2) is 4.52 Å². The summed E-state index contributed by atoms with van der Waals surface area (Å²) in [4.78, 5) is 6.52. The molecule has 1 aliphatic heterocycles. The van der Waals surface area contributed by atoms with Crippen LogP contribution in [0.25, 0.3) is 0 Å². The zero-order valence-corrected chi connectivity index (χ0v) is 9.63. The summed E-state index contributed by atoms with van der Waals surface area (Å²) in [5.74, 6) is 2.87. The Morgan fingerprint density at radius 1 is 1.44 bits per heavy atom. The normalized spacial score (nSPS) is 32.2. The molecule has 0 radical (unpaired) electrons. The van der Waals surface area contributed by atoms with E-state index in [1.54, 1.807) is 0 Å². The second-order valence-electron chi connectivity index (χ2n) is 5.17. The van der Waals surface area contributed by atoms with Crippen LogP contribution in [0, 0.1) is 17.8 Å². The summed E-state index contributed by atoms with van der Waals surface area (Å²) in [6.07, 6.45) is 0. The average molecular weight is 223 g/mol. The van der Waals surface area contributed by atoms with E-state index in [4.69, 9.17) is 9.63 Å². The first-order valence-corrected chi connectivity index (χ1v) is 5.90. The number of hydrogen-bond acceptors (Lipinski definition) is 5. The van der Waals surface area contributed by atoms with E-state index in [0.717, 1.165) is 18.9 Å². The fourth-order valence-corrected chi connectivity index (χ4v) is 2.67. The van der Waals surface area contributed by atoms with Crippen molar-refractivity contribution in [2.45, 2.75) is 19.8 Å². The van der Waals surface area contributed by atoms with Crippen molar-refractivity contribution >= 4 is 6.01 Å². The Balaban J connectivity index is 1.67. The number of fused-ring (bicyclic) bond motifs is 1. The van der Waals surface area contributed by atoms with E-state index in [1.165, 1.54) is 0 Å². The molecule has 0 aromatic carbocycles. The second-order valence-corrected chi connectivity index (χ2v) is 5.17. The molecule has 5 nitrogen and oxygen atoms in total. The number of aromatic nitrogens is 2. The smallest absolute Gasteiger partial charge is 0.324 e. The lowest BCUT2D eigenvalue weighted by Crippen LogP contribution is -2.25. The molecular formula is C11H17N3O2. The van der Waals surface area contributed by atoms with Gasteiger partial charge in [0.2, 0.25) is 0 Å². The van der Waals surface area contributed by atoms with Gasteiger partial charge < -0.3 is 14.5 Å². The van der Waals surface area contributed by atoms with Crippen LogP contribution in [0.3, 0.4) is 0 Å². The van der Waals surface area contributed by atoms with Gasteiger partial charge in [0.15, 0.2) is 5.82 Å². The molecule has 2 aliphatic rings. The molecule has 0 bridgehead atoms. The first-order chi connectivity index (χ1) is 7.70. The Hall–Kier alpha value is -1.10. The highest BCUT2D eigenvalue weighted by atomic mass is 16.5. The van der Waals surface area contributed by atoms with Gasteiger partial charge in [-0.05, 0) is 17.8 Å². The van der Waals surface area contributed by atoms with Crippen molar-refractivity contribution in [2.24, 2.45) is 17.8 Å². The topological polar surface area (TPSA) is 62.4 Å². The molecule has 1 N–H and O–H groups in total. The van der Waals surface area contributed by atoms with Crippen LogP contribution in [0.4, 0.5) is 6.01 Å². The predicted molar refractivity (Wildman–Crippen MR) is 58.2 cm³/mol.